The van der Waals surface area contributed by atoms with Crippen LogP contribution in [0.4, 0.5) is 5.69 Å². The Morgan fingerprint density at radius 2 is 1.62 bits per heavy atom. The van der Waals surface area contributed by atoms with Gasteiger partial charge in [0.05, 0.1) is 4.90 Å². The summed E-state index contributed by atoms with van der Waals surface area (Å²) in [5, 5.41) is 2.87. The average molecular weight is 458 g/mol. The second kappa shape index (κ2) is 9.83. The summed E-state index contributed by atoms with van der Waals surface area (Å²) in [4.78, 5) is 26.1. The van der Waals surface area contributed by atoms with E-state index in [4.69, 9.17) is 0 Å². The maximum absolute atomic E-state index is 13.0. The minimum absolute atomic E-state index is 0.0691. The molecule has 2 aromatic carbocycles. The number of para-hydroxylation sites is 1. The Balaban J connectivity index is 1.74. The normalized spacial score (nSPS) is 19.4. The van der Waals surface area contributed by atoms with E-state index in [0.717, 1.165) is 12.0 Å². The van der Waals surface area contributed by atoms with Crippen molar-refractivity contribution in [1.29, 1.82) is 0 Å². The molecule has 1 saturated heterocycles. The molecule has 2 amide bonds. The molecule has 8 heteroatoms. The number of anilines is 1. The Morgan fingerprint density at radius 1 is 1.03 bits per heavy atom. The zero-order chi connectivity index (χ0) is 23.5. The minimum Gasteiger partial charge on any atom is -0.342 e. The van der Waals surface area contributed by atoms with Gasteiger partial charge >= 0.3 is 0 Å². The Labute approximate surface area is 190 Å². The summed E-state index contributed by atoms with van der Waals surface area (Å²) in [7, 11) is -1.90. The van der Waals surface area contributed by atoms with Crippen molar-refractivity contribution in [1.82, 2.24) is 9.21 Å². The largest absolute Gasteiger partial charge is 0.342 e. The molecule has 7 nitrogen and oxygen atoms in total. The maximum atomic E-state index is 13.0. The van der Waals surface area contributed by atoms with E-state index >= 15 is 0 Å². The number of hydrogen-bond donors (Lipinski definition) is 1. The molecule has 2 aromatic rings. The lowest BCUT2D eigenvalue weighted by molar-refractivity contribution is -0.128. The Bertz CT molecular complexity index is 1070. The van der Waals surface area contributed by atoms with E-state index < -0.39 is 10.0 Å². The van der Waals surface area contributed by atoms with Crippen molar-refractivity contribution in [2.24, 2.45) is 11.8 Å². The smallest absolute Gasteiger partial charge is 0.255 e. The van der Waals surface area contributed by atoms with E-state index in [0.29, 0.717) is 42.7 Å². The van der Waals surface area contributed by atoms with Crippen molar-refractivity contribution >= 4 is 27.5 Å². The molecule has 0 aliphatic carbocycles. The van der Waals surface area contributed by atoms with Gasteiger partial charge in [-0.3, -0.25) is 9.59 Å². The molecule has 1 fully saturated rings. The number of benzene rings is 2. The first-order valence-electron chi connectivity index (χ1n) is 10.8. The molecule has 2 atom stereocenters. The third kappa shape index (κ3) is 5.55. The molecule has 0 bridgehead atoms. The van der Waals surface area contributed by atoms with Gasteiger partial charge in [0.2, 0.25) is 15.9 Å². The van der Waals surface area contributed by atoms with E-state index in [1.807, 2.05) is 18.2 Å². The van der Waals surface area contributed by atoms with Crippen LogP contribution in [0.3, 0.4) is 0 Å². The van der Waals surface area contributed by atoms with Crippen molar-refractivity contribution in [3.05, 3.63) is 59.7 Å². The minimum atomic E-state index is -3.59. The highest BCUT2D eigenvalue weighted by atomic mass is 32.2. The van der Waals surface area contributed by atoms with Gasteiger partial charge in [-0.25, -0.2) is 8.42 Å². The first-order valence-corrected chi connectivity index (χ1v) is 12.2. The molecular weight excluding hydrogens is 426 g/mol. The van der Waals surface area contributed by atoms with Gasteiger partial charge in [-0.05, 0) is 54.2 Å². The molecule has 172 valence electrons. The molecule has 0 aromatic heterocycles. The highest BCUT2D eigenvalue weighted by Crippen LogP contribution is 2.27. The third-order valence-electron chi connectivity index (χ3n) is 5.80. The predicted octanol–water partition coefficient (Wildman–Crippen LogP) is 3.58. The van der Waals surface area contributed by atoms with E-state index in [9.17, 15) is 18.0 Å². The summed E-state index contributed by atoms with van der Waals surface area (Å²) in [6.45, 7) is 7.02. The van der Waals surface area contributed by atoms with Crippen LogP contribution in [-0.2, 0) is 21.4 Å². The van der Waals surface area contributed by atoms with Crippen LogP contribution in [0.15, 0.2) is 53.4 Å². The second-order valence-corrected chi connectivity index (χ2v) is 10.7. The van der Waals surface area contributed by atoms with Crippen LogP contribution in [0.5, 0.6) is 0 Å². The van der Waals surface area contributed by atoms with Gasteiger partial charge in [0.1, 0.15) is 0 Å². The monoisotopic (exact) mass is 457 g/mol. The number of sulfonamides is 1. The van der Waals surface area contributed by atoms with Crippen molar-refractivity contribution in [2.75, 3.05) is 25.5 Å². The SMILES string of the molecule is CC(=O)N(C)Cc1ccccc1NC(=O)c1ccc(S(=O)(=O)N2CC(C)CC(C)C2)cc1. The Kier molecular flexibility index (Phi) is 7.36. The lowest BCUT2D eigenvalue weighted by Crippen LogP contribution is -2.42. The van der Waals surface area contributed by atoms with Crippen LogP contribution in [-0.4, -0.2) is 49.6 Å². The van der Waals surface area contributed by atoms with Crippen molar-refractivity contribution in [3.8, 4) is 0 Å². The molecule has 1 N–H and O–H groups in total. The lowest BCUT2D eigenvalue weighted by atomic mass is 9.94. The fourth-order valence-corrected chi connectivity index (χ4v) is 5.75. The van der Waals surface area contributed by atoms with Gasteiger partial charge in [-0.15, -0.1) is 0 Å². The number of amides is 2. The van der Waals surface area contributed by atoms with Gasteiger partial charge in [0, 0.05) is 44.9 Å². The number of rotatable bonds is 6. The number of carbonyl (C=O) groups excluding carboxylic acids is 2. The zero-order valence-corrected chi connectivity index (χ0v) is 19.9. The van der Waals surface area contributed by atoms with E-state index in [2.05, 4.69) is 19.2 Å². The molecule has 0 saturated carbocycles. The molecule has 3 rings (SSSR count). The molecular formula is C24H31N3O4S. The summed E-state index contributed by atoms with van der Waals surface area (Å²) in [6, 6.07) is 13.3. The van der Waals surface area contributed by atoms with Gasteiger partial charge < -0.3 is 10.2 Å². The highest BCUT2D eigenvalue weighted by Gasteiger charge is 2.31. The number of nitrogens with one attached hydrogen (secondary N) is 1. The first kappa shape index (κ1) is 23.9. The topological polar surface area (TPSA) is 86.8 Å². The van der Waals surface area contributed by atoms with Crippen molar-refractivity contribution in [3.63, 3.8) is 0 Å². The number of hydrogen-bond acceptors (Lipinski definition) is 4. The fraction of sp³-hybridized carbons (Fsp3) is 0.417. The summed E-state index contributed by atoms with van der Waals surface area (Å²) in [6.07, 6.45) is 1.02. The molecule has 2 unspecified atom stereocenters. The number of carbonyl (C=O) groups is 2. The van der Waals surface area contributed by atoms with Crippen LogP contribution in [0.25, 0.3) is 0 Å². The van der Waals surface area contributed by atoms with Crippen LogP contribution in [0.1, 0.15) is 43.1 Å². The van der Waals surface area contributed by atoms with Crippen LogP contribution < -0.4 is 5.32 Å². The van der Waals surface area contributed by atoms with Gasteiger partial charge in [-0.1, -0.05) is 32.0 Å². The van der Waals surface area contributed by atoms with E-state index in [1.54, 1.807) is 22.3 Å². The molecule has 1 heterocycles. The molecule has 1 aliphatic rings. The molecule has 1 aliphatic heterocycles. The zero-order valence-electron chi connectivity index (χ0n) is 19.0. The second-order valence-electron chi connectivity index (χ2n) is 8.78. The van der Waals surface area contributed by atoms with Gasteiger partial charge in [0.15, 0.2) is 0 Å². The van der Waals surface area contributed by atoms with Gasteiger partial charge in [-0.2, -0.15) is 4.31 Å². The van der Waals surface area contributed by atoms with Gasteiger partial charge in [0.25, 0.3) is 5.91 Å². The molecule has 0 radical (unpaired) electrons. The lowest BCUT2D eigenvalue weighted by Gasteiger charge is -2.34. The number of nitrogens with zero attached hydrogens (tertiary/aromatic N) is 2. The summed E-state index contributed by atoms with van der Waals surface area (Å²) < 4.78 is 27.6. The average Bonchev–Trinajstić information content (AvgIpc) is 2.74. The van der Waals surface area contributed by atoms with Crippen LogP contribution >= 0.6 is 0 Å². The summed E-state index contributed by atoms with van der Waals surface area (Å²) in [5.74, 6) is 0.230. The third-order valence-corrected chi connectivity index (χ3v) is 7.65. The van der Waals surface area contributed by atoms with Crippen LogP contribution in [0.2, 0.25) is 0 Å². The quantitative estimate of drug-likeness (QED) is 0.718. The summed E-state index contributed by atoms with van der Waals surface area (Å²) >= 11 is 0. The van der Waals surface area contributed by atoms with E-state index in [1.165, 1.54) is 31.2 Å². The van der Waals surface area contributed by atoms with Crippen LogP contribution in [0, 0.1) is 11.8 Å². The van der Waals surface area contributed by atoms with Crippen molar-refractivity contribution in [2.45, 2.75) is 38.6 Å². The fourth-order valence-electron chi connectivity index (χ4n) is 4.07. The van der Waals surface area contributed by atoms with Crippen molar-refractivity contribution < 1.29 is 18.0 Å². The first-order chi connectivity index (χ1) is 15.1. The number of piperidine rings is 1. The highest BCUT2D eigenvalue weighted by molar-refractivity contribution is 7.89. The summed E-state index contributed by atoms with van der Waals surface area (Å²) in [5.41, 5.74) is 1.78. The predicted molar refractivity (Wildman–Crippen MR) is 125 cm³/mol. The maximum Gasteiger partial charge on any atom is 0.255 e. The Hall–Kier alpha value is -2.71. The van der Waals surface area contributed by atoms with E-state index in [-0.39, 0.29) is 16.7 Å². The Morgan fingerprint density at radius 3 is 2.22 bits per heavy atom. The molecule has 0 spiro atoms. The standard InChI is InChI=1S/C24H31N3O4S/c1-17-13-18(2)15-27(14-17)32(30,31)22-11-9-20(10-12-22)24(29)25-23-8-6-5-7-21(23)16-26(4)19(3)28/h5-12,17-18H,13-16H2,1-4H3,(H,25,29). The molecule has 32 heavy (non-hydrogen) atoms.